The van der Waals surface area contributed by atoms with Gasteiger partial charge in [-0.25, -0.2) is 0 Å². The first-order chi connectivity index (χ1) is 9.11. The van der Waals surface area contributed by atoms with Gasteiger partial charge in [0.1, 0.15) is 5.69 Å². The summed E-state index contributed by atoms with van der Waals surface area (Å²) < 4.78 is 1.92. The monoisotopic (exact) mass is 265 g/mol. The van der Waals surface area contributed by atoms with Gasteiger partial charge in [-0.2, -0.15) is 5.10 Å². The fourth-order valence-electron chi connectivity index (χ4n) is 2.41. The Hall–Kier alpha value is -1.36. The molecule has 1 heterocycles. The first-order valence-corrected chi connectivity index (χ1v) is 7.08. The molecule has 5 heteroatoms. The average molecular weight is 265 g/mol. The number of aliphatic hydroxyl groups excluding tert-OH is 1. The lowest BCUT2D eigenvalue weighted by atomic mass is 10.1. The van der Waals surface area contributed by atoms with Crippen LogP contribution in [0.25, 0.3) is 0 Å². The number of aliphatic hydroxyl groups is 1. The minimum atomic E-state index is -0.162. The first-order valence-electron chi connectivity index (χ1n) is 7.08. The summed E-state index contributed by atoms with van der Waals surface area (Å²) in [6, 6.07) is 2.16. The van der Waals surface area contributed by atoms with Crippen molar-refractivity contribution in [3.05, 3.63) is 18.0 Å². The van der Waals surface area contributed by atoms with E-state index in [0.717, 1.165) is 12.8 Å². The van der Waals surface area contributed by atoms with Crippen molar-refractivity contribution in [3.8, 4) is 0 Å². The van der Waals surface area contributed by atoms with Crippen molar-refractivity contribution < 1.29 is 9.90 Å². The Morgan fingerprint density at radius 1 is 1.53 bits per heavy atom. The largest absolute Gasteiger partial charge is 0.396 e. The van der Waals surface area contributed by atoms with Crippen LogP contribution < -0.4 is 5.32 Å². The van der Waals surface area contributed by atoms with Crippen molar-refractivity contribution in [2.45, 2.75) is 51.6 Å². The highest BCUT2D eigenvalue weighted by Gasteiger charge is 2.20. The Morgan fingerprint density at radius 2 is 2.21 bits per heavy atom. The molecule has 1 aromatic heterocycles. The molecule has 1 amide bonds. The summed E-state index contributed by atoms with van der Waals surface area (Å²) in [6.07, 6.45) is 6.70. The Balaban J connectivity index is 1.96. The minimum absolute atomic E-state index is 0.0425. The lowest BCUT2D eigenvalue weighted by molar-refractivity contribution is 0.0910. The maximum atomic E-state index is 12.0. The molecular weight excluding hydrogens is 242 g/mol. The van der Waals surface area contributed by atoms with Crippen LogP contribution in [0.1, 0.15) is 56.1 Å². The summed E-state index contributed by atoms with van der Waals surface area (Å²) in [5.41, 5.74) is 0.462. The molecule has 1 fully saturated rings. The van der Waals surface area contributed by atoms with Gasteiger partial charge in [-0.1, -0.05) is 19.8 Å². The second kappa shape index (κ2) is 6.19. The molecule has 0 bridgehead atoms. The molecule has 1 saturated carbocycles. The summed E-state index contributed by atoms with van der Waals surface area (Å²) in [6.45, 7) is 3.87. The number of nitrogens with one attached hydrogen (secondary N) is 1. The van der Waals surface area contributed by atoms with Gasteiger partial charge >= 0.3 is 0 Å². The van der Waals surface area contributed by atoms with E-state index in [1.54, 1.807) is 6.07 Å². The van der Waals surface area contributed by atoms with Crippen molar-refractivity contribution >= 4 is 5.91 Å². The van der Waals surface area contributed by atoms with E-state index in [2.05, 4.69) is 10.4 Å². The van der Waals surface area contributed by atoms with Gasteiger partial charge in [0.15, 0.2) is 0 Å². The number of nitrogens with zero attached hydrogens (tertiary/aromatic N) is 2. The van der Waals surface area contributed by atoms with Crippen LogP contribution in [-0.2, 0) is 0 Å². The van der Waals surface area contributed by atoms with Gasteiger partial charge < -0.3 is 10.4 Å². The zero-order chi connectivity index (χ0) is 13.8. The van der Waals surface area contributed by atoms with E-state index in [4.69, 9.17) is 5.11 Å². The molecular formula is C14H23N3O2. The smallest absolute Gasteiger partial charge is 0.271 e. The molecule has 0 saturated heterocycles. The van der Waals surface area contributed by atoms with Gasteiger partial charge in [-0.05, 0) is 31.7 Å². The van der Waals surface area contributed by atoms with E-state index in [1.165, 1.54) is 12.8 Å². The summed E-state index contributed by atoms with van der Waals surface area (Å²) in [5, 5.41) is 16.3. The van der Waals surface area contributed by atoms with Crippen LogP contribution in [0.2, 0.25) is 0 Å². The van der Waals surface area contributed by atoms with Crippen molar-refractivity contribution in [1.82, 2.24) is 15.1 Å². The number of rotatable bonds is 5. The highest BCUT2D eigenvalue weighted by Crippen LogP contribution is 2.28. The predicted molar refractivity (Wildman–Crippen MR) is 72.9 cm³/mol. The topological polar surface area (TPSA) is 67.2 Å². The second-order valence-electron chi connectivity index (χ2n) is 5.54. The van der Waals surface area contributed by atoms with Gasteiger partial charge in [0.05, 0.1) is 6.04 Å². The van der Waals surface area contributed by atoms with Crippen LogP contribution in [0.5, 0.6) is 0 Å². The van der Waals surface area contributed by atoms with E-state index in [-0.39, 0.29) is 24.5 Å². The maximum Gasteiger partial charge on any atom is 0.271 e. The summed E-state index contributed by atoms with van der Waals surface area (Å²) >= 11 is 0. The Morgan fingerprint density at radius 3 is 2.84 bits per heavy atom. The zero-order valence-corrected chi connectivity index (χ0v) is 11.7. The minimum Gasteiger partial charge on any atom is -0.396 e. The molecule has 0 spiro atoms. The van der Waals surface area contributed by atoms with Crippen LogP contribution in [0.15, 0.2) is 12.3 Å². The average Bonchev–Trinajstić information content (AvgIpc) is 3.07. The fourth-order valence-corrected chi connectivity index (χ4v) is 2.41. The van der Waals surface area contributed by atoms with Gasteiger partial charge in [0, 0.05) is 18.8 Å². The van der Waals surface area contributed by atoms with Gasteiger partial charge in [0.2, 0.25) is 0 Å². The van der Waals surface area contributed by atoms with Crippen LogP contribution in [0, 0.1) is 5.92 Å². The van der Waals surface area contributed by atoms with E-state index >= 15 is 0 Å². The van der Waals surface area contributed by atoms with Crippen molar-refractivity contribution in [2.75, 3.05) is 6.61 Å². The standard InChI is InChI=1S/C14H23N3O2/c1-10(9-18)11(2)15-14(19)13-7-8-17(16-13)12-5-3-4-6-12/h7-8,10-12,18H,3-6,9H2,1-2H3,(H,15,19). The molecule has 2 atom stereocenters. The van der Waals surface area contributed by atoms with E-state index in [9.17, 15) is 4.79 Å². The third-order valence-electron chi connectivity index (χ3n) is 4.04. The Bertz CT molecular complexity index is 424. The number of carbonyl (C=O) groups is 1. The predicted octanol–water partition coefficient (Wildman–Crippen LogP) is 1.74. The van der Waals surface area contributed by atoms with Crippen molar-refractivity contribution in [2.24, 2.45) is 5.92 Å². The zero-order valence-electron chi connectivity index (χ0n) is 11.7. The van der Waals surface area contributed by atoms with E-state index in [0.29, 0.717) is 11.7 Å². The van der Waals surface area contributed by atoms with Crippen molar-refractivity contribution in [3.63, 3.8) is 0 Å². The summed E-state index contributed by atoms with van der Waals surface area (Å²) in [4.78, 5) is 12.0. The van der Waals surface area contributed by atoms with Crippen LogP contribution in [0.4, 0.5) is 0 Å². The molecule has 0 radical (unpaired) electrons. The molecule has 0 aromatic carbocycles. The van der Waals surface area contributed by atoms with Crippen LogP contribution in [-0.4, -0.2) is 33.4 Å². The SMILES string of the molecule is CC(CO)C(C)NC(=O)c1ccn(C2CCCC2)n1. The Labute approximate surface area is 114 Å². The highest BCUT2D eigenvalue weighted by atomic mass is 16.3. The maximum absolute atomic E-state index is 12.0. The Kier molecular flexibility index (Phi) is 4.58. The lowest BCUT2D eigenvalue weighted by Gasteiger charge is -2.18. The molecule has 5 nitrogen and oxygen atoms in total. The molecule has 2 rings (SSSR count). The number of amides is 1. The second-order valence-corrected chi connectivity index (χ2v) is 5.54. The number of carbonyl (C=O) groups excluding carboxylic acids is 1. The molecule has 1 aliphatic rings. The van der Waals surface area contributed by atoms with Gasteiger partial charge in [0.25, 0.3) is 5.91 Å². The first kappa shape index (κ1) is 14.1. The summed E-state index contributed by atoms with van der Waals surface area (Å²) in [7, 11) is 0. The molecule has 1 aromatic rings. The normalized spacial score (nSPS) is 19.3. The molecule has 2 unspecified atom stereocenters. The highest BCUT2D eigenvalue weighted by molar-refractivity contribution is 5.92. The quantitative estimate of drug-likeness (QED) is 0.852. The number of aromatic nitrogens is 2. The van der Waals surface area contributed by atoms with Crippen LogP contribution >= 0.6 is 0 Å². The number of hydrogen-bond acceptors (Lipinski definition) is 3. The number of hydrogen-bond donors (Lipinski definition) is 2. The van der Waals surface area contributed by atoms with Crippen LogP contribution in [0.3, 0.4) is 0 Å². The fraction of sp³-hybridized carbons (Fsp3) is 0.714. The molecule has 1 aliphatic carbocycles. The summed E-state index contributed by atoms with van der Waals surface area (Å²) in [5.74, 6) is -0.120. The third kappa shape index (κ3) is 3.35. The van der Waals surface area contributed by atoms with Crippen molar-refractivity contribution in [1.29, 1.82) is 0 Å². The molecule has 19 heavy (non-hydrogen) atoms. The van der Waals surface area contributed by atoms with Gasteiger partial charge in [-0.3, -0.25) is 9.48 Å². The van der Waals surface area contributed by atoms with E-state index < -0.39 is 0 Å². The third-order valence-corrected chi connectivity index (χ3v) is 4.04. The van der Waals surface area contributed by atoms with Gasteiger partial charge in [-0.15, -0.1) is 0 Å². The van der Waals surface area contributed by atoms with E-state index in [1.807, 2.05) is 24.7 Å². The lowest BCUT2D eigenvalue weighted by Crippen LogP contribution is -2.38. The molecule has 0 aliphatic heterocycles. The molecule has 106 valence electrons. The molecule has 2 N–H and O–H groups in total.